The Hall–Kier alpha value is -0.810. The van der Waals surface area contributed by atoms with Crippen LogP contribution in [0.5, 0.6) is 0 Å². The van der Waals surface area contributed by atoms with Crippen LogP contribution in [0.15, 0.2) is 0 Å². The van der Waals surface area contributed by atoms with Crippen molar-refractivity contribution >= 4 is 6.03 Å². The lowest BCUT2D eigenvalue weighted by Crippen LogP contribution is -2.56. The van der Waals surface area contributed by atoms with Crippen LogP contribution >= 0.6 is 0 Å². The average molecular weight is 242 g/mol. The topological polar surface area (TPSA) is 59.6 Å². The molecule has 2 amide bonds. The molecule has 0 radical (unpaired) electrons. The van der Waals surface area contributed by atoms with Crippen LogP contribution in [0.25, 0.3) is 0 Å². The molecule has 2 rings (SSSR count). The molecule has 5 heteroatoms. The minimum atomic E-state index is -0.0733. The largest absolute Gasteiger partial charge is 0.383 e. The van der Waals surface area contributed by atoms with Crippen LogP contribution in [0, 0.1) is 5.92 Å². The molecule has 0 unspecified atom stereocenters. The second kappa shape index (κ2) is 5.69. The van der Waals surface area contributed by atoms with E-state index in [2.05, 4.69) is 10.6 Å². The van der Waals surface area contributed by atoms with Crippen LogP contribution in [-0.4, -0.2) is 45.0 Å². The third-order valence-corrected chi connectivity index (χ3v) is 3.70. The predicted molar refractivity (Wildman–Crippen MR) is 63.9 cm³/mol. The number of carbonyl (C=O) groups excluding carboxylic acids is 1. The van der Waals surface area contributed by atoms with Gasteiger partial charge in [0.05, 0.1) is 6.61 Å². The highest BCUT2D eigenvalue weighted by Crippen LogP contribution is 2.44. The summed E-state index contributed by atoms with van der Waals surface area (Å²) < 4.78 is 10.3. The summed E-state index contributed by atoms with van der Waals surface area (Å²) >= 11 is 0. The Morgan fingerprint density at radius 1 is 1.41 bits per heavy atom. The summed E-state index contributed by atoms with van der Waals surface area (Å²) in [7, 11) is 1.63. The first-order valence-corrected chi connectivity index (χ1v) is 6.39. The van der Waals surface area contributed by atoms with E-state index >= 15 is 0 Å². The number of rotatable bonds is 5. The molecular formula is C12H22N2O3. The van der Waals surface area contributed by atoms with Crippen LogP contribution in [0.3, 0.4) is 0 Å². The SMILES string of the molecule is COCCNC(=O)NC1(C2CC2)CCOCC1. The standard InChI is InChI=1S/C12H22N2O3/c1-16-9-6-13-11(15)14-12(10-2-3-10)4-7-17-8-5-12/h10H,2-9H2,1H3,(H2,13,14,15). The number of amides is 2. The smallest absolute Gasteiger partial charge is 0.315 e. The van der Waals surface area contributed by atoms with Gasteiger partial charge >= 0.3 is 6.03 Å². The van der Waals surface area contributed by atoms with Crippen molar-refractivity contribution in [3.05, 3.63) is 0 Å². The summed E-state index contributed by atoms with van der Waals surface area (Å²) in [5.74, 6) is 0.652. The Labute approximate surface area is 102 Å². The van der Waals surface area contributed by atoms with Gasteiger partial charge in [-0.2, -0.15) is 0 Å². The van der Waals surface area contributed by atoms with E-state index < -0.39 is 0 Å². The monoisotopic (exact) mass is 242 g/mol. The third kappa shape index (κ3) is 3.33. The van der Waals surface area contributed by atoms with Gasteiger partial charge in [0.15, 0.2) is 0 Å². The van der Waals surface area contributed by atoms with Gasteiger partial charge < -0.3 is 20.1 Å². The number of urea groups is 1. The van der Waals surface area contributed by atoms with Crippen LogP contribution < -0.4 is 10.6 Å². The highest BCUT2D eigenvalue weighted by atomic mass is 16.5. The zero-order valence-electron chi connectivity index (χ0n) is 10.5. The lowest BCUT2D eigenvalue weighted by molar-refractivity contribution is 0.0334. The van der Waals surface area contributed by atoms with Gasteiger partial charge in [0.25, 0.3) is 0 Å². The van der Waals surface area contributed by atoms with Gasteiger partial charge in [0, 0.05) is 32.4 Å². The van der Waals surface area contributed by atoms with Crippen molar-refractivity contribution in [2.45, 2.75) is 31.2 Å². The molecule has 1 saturated carbocycles. The predicted octanol–water partition coefficient (Wildman–Crippen LogP) is 0.891. The van der Waals surface area contributed by atoms with Gasteiger partial charge in [-0.25, -0.2) is 4.79 Å². The van der Waals surface area contributed by atoms with E-state index in [4.69, 9.17) is 9.47 Å². The molecule has 0 atom stereocenters. The van der Waals surface area contributed by atoms with Crippen molar-refractivity contribution in [1.29, 1.82) is 0 Å². The maximum atomic E-state index is 11.8. The number of methoxy groups -OCH3 is 1. The van der Waals surface area contributed by atoms with E-state index in [0.29, 0.717) is 19.1 Å². The molecule has 0 spiro atoms. The first-order valence-electron chi connectivity index (χ1n) is 6.39. The summed E-state index contributed by atoms with van der Waals surface area (Å²) in [5, 5.41) is 5.99. The molecule has 1 heterocycles. The van der Waals surface area contributed by atoms with E-state index in [1.165, 1.54) is 12.8 Å². The maximum absolute atomic E-state index is 11.8. The van der Waals surface area contributed by atoms with Crippen LogP contribution in [-0.2, 0) is 9.47 Å². The highest BCUT2D eigenvalue weighted by molar-refractivity contribution is 5.74. The summed E-state index contributed by atoms with van der Waals surface area (Å²) in [6.07, 6.45) is 4.35. The van der Waals surface area contributed by atoms with Crippen molar-refractivity contribution in [2.75, 3.05) is 33.5 Å². The minimum absolute atomic E-state index is 0.0184. The van der Waals surface area contributed by atoms with Gasteiger partial charge in [-0.05, 0) is 31.6 Å². The number of carbonyl (C=O) groups is 1. The fraction of sp³-hybridized carbons (Fsp3) is 0.917. The molecule has 17 heavy (non-hydrogen) atoms. The number of nitrogens with one attached hydrogen (secondary N) is 2. The summed E-state index contributed by atoms with van der Waals surface area (Å²) in [4.78, 5) is 11.8. The molecule has 2 aliphatic rings. The number of ether oxygens (including phenoxy) is 2. The van der Waals surface area contributed by atoms with E-state index in [0.717, 1.165) is 26.1 Å². The fourth-order valence-electron chi connectivity index (χ4n) is 2.54. The zero-order chi connectivity index (χ0) is 12.1. The second-order valence-corrected chi connectivity index (χ2v) is 4.92. The molecule has 1 aliphatic heterocycles. The zero-order valence-corrected chi connectivity index (χ0v) is 10.5. The molecule has 2 fully saturated rings. The molecule has 0 bridgehead atoms. The summed E-state index contributed by atoms with van der Waals surface area (Å²) in [6, 6.07) is -0.0733. The van der Waals surface area contributed by atoms with E-state index in [9.17, 15) is 4.79 Å². The molecule has 0 aromatic rings. The van der Waals surface area contributed by atoms with E-state index in [1.807, 2.05) is 0 Å². The molecular weight excluding hydrogens is 220 g/mol. The third-order valence-electron chi connectivity index (χ3n) is 3.70. The van der Waals surface area contributed by atoms with Gasteiger partial charge in [-0.3, -0.25) is 0 Å². The summed E-state index contributed by atoms with van der Waals surface area (Å²) in [6.45, 7) is 2.62. The molecule has 2 N–H and O–H groups in total. The van der Waals surface area contributed by atoms with Crippen molar-refractivity contribution in [2.24, 2.45) is 5.92 Å². The van der Waals surface area contributed by atoms with Crippen molar-refractivity contribution in [3.63, 3.8) is 0 Å². The van der Waals surface area contributed by atoms with Crippen LogP contribution in [0.1, 0.15) is 25.7 Å². The Bertz CT molecular complexity index is 260. The number of hydrogen-bond donors (Lipinski definition) is 2. The number of hydrogen-bond acceptors (Lipinski definition) is 3. The highest BCUT2D eigenvalue weighted by Gasteiger charge is 2.46. The molecule has 1 saturated heterocycles. The Kier molecular flexibility index (Phi) is 4.23. The summed E-state index contributed by atoms with van der Waals surface area (Å²) in [5.41, 5.74) is -0.0184. The molecule has 1 aliphatic carbocycles. The van der Waals surface area contributed by atoms with Crippen LogP contribution in [0.2, 0.25) is 0 Å². The normalized spacial score (nSPS) is 23.1. The molecule has 0 aromatic heterocycles. The Morgan fingerprint density at radius 2 is 2.12 bits per heavy atom. The van der Waals surface area contributed by atoms with Gasteiger partial charge in [0.1, 0.15) is 0 Å². The fourth-order valence-corrected chi connectivity index (χ4v) is 2.54. The molecule has 98 valence electrons. The van der Waals surface area contributed by atoms with Crippen LogP contribution in [0.4, 0.5) is 4.79 Å². The second-order valence-electron chi connectivity index (χ2n) is 4.92. The van der Waals surface area contributed by atoms with Gasteiger partial charge in [-0.15, -0.1) is 0 Å². The van der Waals surface area contributed by atoms with E-state index in [1.54, 1.807) is 7.11 Å². The average Bonchev–Trinajstić information content (AvgIpc) is 3.14. The van der Waals surface area contributed by atoms with Crippen molar-refractivity contribution in [1.82, 2.24) is 10.6 Å². The first-order chi connectivity index (χ1) is 8.27. The first kappa shape index (κ1) is 12.6. The van der Waals surface area contributed by atoms with Crippen molar-refractivity contribution < 1.29 is 14.3 Å². The van der Waals surface area contributed by atoms with Gasteiger partial charge in [0.2, 0.25) is 0 Å². The van der Waals surface area contributed by atoms with Crippen molar-refractivity contribution in [3.8, 4) is 0 Å². The Balaban J connectivity index is 1.82. The maximum Gasteiger partial charge on any atom is 0.315 e. The minimum Gasteiger partial charge on any atom is -0.383 e. The Morgan fingerprint density at radius 3 is 2.71 bits per heavy atom. The quantitative estimate of drug-likeness (QED) is 0.704. The van der Waals surface area contributed by atoms with Gasteiger partial charge in [-0.1, -0.05) is 0 Å². The lowest BCUT2D eigenvalue weighted by atomic mass is 9.85. The van der Waals surface area contributed by atoms with E-state index in [-0.39, 0.29) is 11.6 Å². The molecule has 0 aromatic carbocycles. The molecule has 5 nitrogen and oxygen atoms in total. The lowest BCUT2D eigenvalue weighted by Gasteiger charge is -2.38.